The standard InChI is InChI=1S/C12H22N2OS/c1-4-5-6-7-14(10(2)3)12-13-8-11(9-15)16-12/h8,10,15H,4-7,9H2,1-3H3. The molecular formula is C12H22N2OS. The van der Waals surface area contributed by atoms with Gasteiger partial charge in [-0.1, -0.05) is 31.1 Å². The molecule has 1 aromatic rings. The van der Waals surface area contributed by atoms with Crippen LogP contribution >= 0.6 is 11.3 Å². The molecular weight excluding hydrogens is 220 g/mol. The maximum absolute atomic E-state index is 9.04. The van der Waals surface area contributed by atoms with Gasteiger partial charge in [0.1, 0.15) is 0 Å². The molecule has 0 fully saturated rings. The Morgan fingerprint density at radius 1 is 1.44 bits per heavy atom. The van der Waals surface area contributed by atoms with Crippen molar-refractivity contribution in [3.8, 4) is 0 Å². The first-order chi connectivity index (χ1) is 7.69. The predicted molar refractivity (Wildman–Crippen MR) is 70.0 cm³/mol. The van der Waals surface area contributed by atoms with E-state index in [0.717, 1.165) is 16.6 Å². The number of thiazole rings is 1. The SMILES string of the molecule is CCCCCN(c1ncc(CO)s1)C(C)C. The van der Waals surface area contributed by atoms with Crippen LogP contribution in [0.4, 0.5) is 5.13 Å². The van der Waals surface area contributed by atoms with Crippen molar-refractivity contribution in [3.05, 3.63) is 11.1 Å². The highest BCUT2D eigenvalue weighted by molar-refractivity contribution is 7.15. The summed E-state index contributed by atoms with van der Waals surface area (Å²) < 4.78 is 0. The zero-order valence-electron chi connectivity index (χ0n) is 10.4. The minimum atomic E-state index is 0.0958. The second kappa shape index (κ2) is 6.86. The van der Waals surface area contributed by atoms with Gasteiger partial charge < -0.3 is 10.0 Å². The van der Waals surface area contributed by atoms with Crippen LogP contribution in [0, 0.1) is 0 Å². The van der Waals surface area contributed by atoms with Crippen LogP contribution in [-0.4, -0.2) is 22.7 Å². The van der Waals surface area contributed by atoms with Gasteiger partial charge in [0, 0.05) is 18.8 Å². The minimum absolute atomic E-state index is 0.0958. The summed E-state index contributed by atoms with van der Waals surface area (Å²) in [6, 6.07) is 0.467. The quantitative estimate of drug-likeness (QED) is 0.747. The largest absolute Gasteiger partial charge is 0.391 e. The highest BCUT2D eigenvalue weighted by Crippen LogP contribution is 2.24. The number of aromatic nitrogens is 1. The van der Waals surface area contributed by atoms with E-state index in [9.17, 15) is 0 Å². The first-order valence-electron chi connectivity index (χ1n) is 6.01. The normalized spacial score (nSPS) is 11.1. The monoisotopic (exact) mass is 242 g/mol. The second-order valence-corrected chi connectivity index (χ2v) is 5.36. The van der Waals surface area contributed by atoms with E-state index in [1.54, 1.807) is 17.5 Å². The van der Waals surface area contributed by atoms with Crippen LogP contribution in [0.15, 0.2) is 6.20 Å². The molecule has 0 aliphatic heterocycles. The van der Waals surface area contributed by atoms with Crippen LogP contribution in [0.3, 0.4) is 0 Å². The fourth-order valence-corrected chi connectivity index (χ4v) is 2.54. The zero-order valence-corrected chi connectivity index (χ0v) is 11.3. The lowest BCUT2D eigenvalue weighted by Crippen LogP contribution is -2.31. The molecule has 3 nitrogen and oxygen atoms in total. The van der Waals surface area contributed by atoms with Gasteiger partial charge >= 0.3 is 0 Å². The molecule has 1 N–H and O–H groups in total. The summed E-state index contributed by atoms with van der Waals surface area (Å²) >= 11 is 1.59. The lowest BCUT2D eigenvalue weighted by atomic mass is 10.2. The van der Waals surface area contributed by atoms with Gasteiger partial charge in [0.05, 0.1) is 11.5 Å². The van der Waals surface area contributed by atoms with Gasteiger partial charge in [-0.25, -0.2) is 4.98 Å². The van der Waals surface area contributed by atoms with E-state index < -0.39 is 0 Å². The molecule has 1 heterocycles. The Morgan fingerprint density at radius 3 is 2.69 bits per heavy atom. The van der Waals surface area contributed by atoms with Gasteiger partial charge in [0.15, 0.2) is 5.13 Å². The number of anilines is 1. The third-order valence-electron chi connectivity index (χ3n) is 2.57. The maximum atomic E-state index is 9.04. The number of rotatable bonds is 7. The summed E-state index contributed by atoms with van der Waals surface area (Å²) in [6.07, 6.45) is 5.49. The molecule has 0 radical (unpaired) electrons. The molecule has 1 rings (SSSR count). The van der Waals surface area contributed by atoms with Crippen molar-refractivity contribution in [1.82, 2.24) is 4.98 Å². The third-order valence-corrected chi connectivity index (χ3v) is 3.59. The summed E-state index contributed by atoms with van der Waals surface area (Å²) in [5.74, 6) is 0. The molecule has 92 valence electrons. The number of aliphatic hydroxyl groups is 1. The first-order valence-corrected chi connectivity index (χ1v) is 6.82. The van der Waals surface area contributed by atoms with Crippen molar-refractivity contribution in [2.75, 3.05) is 11.4 Å². The Kier molecular flexibility index (Phi) is 5.77. The molecule has 0 unspecified atom stereocenters. The number of unbranched alkanes of at least 4 members (excludes halogenated alkanes) is 2. The Labute approximate surface area is 102 Å². The Balaban J connectivity index is 2.61. The summed E-state index contributed by atoms with van der Waals surface area (Å²) in [5, 5.41) is 10.1. The highest BCUT2D eigenvalue weighted by Gasteiger charge is 2.13. The van der Waals surface area contributed by atoms with E-state index in [1.165, 1.54) is 19.3 Å². The summed E-state index contributed by atoms with van der Waals surface area (Å²) in [7, 11) is 0. The first kappa shape index (κ1) is 13.5. The van der Waals surface area contributed by atoms with E-state index in [-0.39, 0.29) is 6.61 Å². The minimum Gasteiger partial charge on any atom is -0.391 e. The molecule has 0 aliphatic rings. The van der Waals surface area contributed by atoms with Crippen LogP contribution in [0.2, 0.25) is 0 Å². The third kappa shape index (κ3) is 3.76. The maximum Gasteiger partial charge on any atom is 0.185 e. The van der Waals surface area contributed by atoms with Crippen molar-refractivity contribution in [3.63, 3.8) is 0 Å². The van der Waals surface area contributed by atoms with E-state index in [0.29, 0.717) is 6.04 Å². The molecule has 16 heavy (non-hydrogen) atoms. The van der Waals surface area contributed by atoms with Crippen LogP contribution in [0.25, 0.3) is 0 Å². The van der Waals surface area contributed by atoms with Crippen molar-refractivity contribution >= 4 is 16.5 Å². The average molecular weight is 242 g/mol. The fourth-order valence-electron chi connectivity index (χ4n) is 1.61. The molecule has 0 spiro atoms. The lowest BCUT2D eigenvalue weighted by Gasteiger charge is -2.26. The van der Waals surface area contributed by atoms with Crippen LogP contribution in [-0.2, 0) is 6.61 Å². The molecule has 0 saturated carbocycles. The molecule has 0 saturated heterocycles. The average Bonchev–Trinajstić information content (AvgIpc) is 2.72. The van der Waals surface area contributed by atoms with Crippen LogP contribution in [0.1, 0.15) is 44.9 Å². The van der Waals surface area contributed by atoms with E-state index in [4.69, 9.17) is 5.11 Å². The number of hydrogen-bond acceptors (Lipinski definition) is 4. The number of aliphatic hydroxyl groups excluding tert-OH is 1. The van der Waals surface area contributed by atoms with Crippen LogP contribution in [0.5, 0.6) is 0 Å². The van der Waals surface area contributed by atoms with Gasteiger partial charge in [-0.3, -0.25) is 0 Å². The number of nitrogens with zero attached hydrogens (tertiary/aromatic N) is 2. The Hall–Kier alpha value is -0.610. The van der Waals surface area contributed by atoms with Gasteiger partial charge in [0.2, 0.25) is 0 Å². The second-order valence-electron chi connectivity index (χ2n) is 4.26. The molecule has 0 atom stereocenters. The smallest absolute Gasteiger partial charge is 0.185 e. The predicted octanol–water partition coefficient (Wildman–Crippen LogP) is 3.04. The topological polar surface area (TPSA) is 36.4 Å². The zero-order chi connectivity index (χ0) is 12.0. The highest BCUT2D eigenvalue weighted by atomic mass is 32.1. The number of hydrogen-bond donors (Lipinski definition) is 1. The Bertz CT molecular complexity index is 299. The molecule has 4 heteroatoms. The Morgan fingerprint density at radius 2 is 2.19 bits per heavy atom. The molecule has 0 aromatic carbocycles. The molecule has 1 aromatic heterocycles. The van der Waals surface area contributed by atoms with Crippen molar-refractivity contribution in [2.45, 2.75) is 52.7 Å². The van der Waals surface area contributed by atoms with Gasteiger partial charge in [-0.15, -0.1) is 0 Å². The van der Waals surface area contributed by atoms with Crippen LogP contribution < -0.4 is 4.90 Å². The molecule has 0 amide bonds. The molecule has 0 aliphatic carbocycles. The van der Waals surface area contributed by atoms with E-state index in [2.05, 4.69) is 30.7 Å². The molecule has 0 bridgehead atoms. The fraction of sp³-hybridized carbons (Fsp3) is 0.750. The van der Waals surface area contributed by atoms with Gasteiger partial charge in [-0.2, -0.15) is 0 Å². The van der Waals surface area contributed by atoms with Crippen molar-refractivity contribution in [2.24, 2.45) is 0 Å². The lowest BCUT2D eigenvalue weighted by molar-refractivity contribution is 0.285. The summed E-state index contributed by atoms with van der Waals surface area (Å²) in [5.41, 5.74) is 0. The van der Waals surface area contributed by atoms with E-state index >= 15 is 0 Å². The van der Waals surface area contributed by atoms with Gasteiger partial charge in [-0.05, 0) is 20.3 Å². The van der Waals surface area contributed by atoms with E-state index in [1.807, 2.05) is 0 Å². The van der Waals surface area contributed by atoms with Crippen molar-refractivity contribution in [1.29, 1.82) is 0 Å². The summed E-state index contributed by atoms with van der Waals surface area (Å²) in [4.78, 5) is 7.63. The van der Waals surface area contributed by atoms with Gasteiger partial charge in [0.25, 0.3) is 0 Å². The van der Waals surface area contributed by atoms with Crippen molar-refractivity contribution < 1.29 is 5.11 Å². The summed E-state index contributed by atoms with van der Waals surface area (Å²) in [6.45, 7) is 7.74.